The van der Waals surface area contributed by atoms with Crippen LogP contribution >= 0.6 is 0 Å². The number of likely N-dealkylation sites (N-methyl/N-ethyl adjacent to an activating group) is 1. The average molecular weight is 386 g/mol. The number of aliphatic hydroxyl groups is 1. The summed E-state index contributed by atoms with van der Waals surface area (Å²) in [4.78, 5) is 13.5. The number of rotatable bonds is 11. The van der Waals surface area contributed by atoms with Crippen LogP contribution in [-0.4, -0.2) is 56.8 Å². The molecule has 0 saturated carbocycles. The van der Waals surface area contributed by atoms with Gasteiger partial charge in [0.15, 0.2) is 6.61 Å². The van der Waals surface area contributed by atoms with E-state index in [4.69, 9.17) is 4.74 Å². The molecule has 152 valence electrons. The molecule has 0 aliphatic heterocycles. The summed E-state index contributed by atoms with van der Waals surface area (Å²) < 4.78 is 5.62. The minimum absolute atomic E-state index is 0.0104. The highest BCUT2D eigenvalue weighted by atomic mass is 16.5. The molecule has 6 heteroatoms. The second kappa shape index (κ2) is 11.4. The number of carbonyl (C=O) groups is 1. The fourth-order valence-electron chi connectivity index (χ4n) is 3.07. The van der Waals surface area contributed by atoms with Crippen LogP contribution in [0.15, 0.2) is 54.6 Å². The molecule has 0 saturated heterocycles. The summed E-state index contributed by atoms with van der Waals surface area (Å²) >= 11 is 0. The van der Waals surface area contributed by atoms with Gasteiger partial charge in [-0.25, -0.2) is 0 Å². The number of nitrogens with one attached hydrogen (secondary N) is 2. The lowest BCUT2D eigenvalue weighted by molar-refractivity contribution is -0.122. The Hall–Kier alpha value is -2.41. The molecule has 0 aromatic heterocycles. The first-order valence-electron chi connectivity index (χ1n) is 9.51. The van der Waals surface area contributed by atoms with Crippen LogP contribution in [0.25, 0.3) is 0 Å². The summed E-state index contributed by atoms with van der Waals surface area (Å²) in [5.74, 6) is 0.558. The predicted molar refractivity (Wildman–Crippen MR) is 111 cm³/mol. The van der Waals surface area contributed by atoms with Crippen molar-refractivity contribution in [2.24, 2.45) is 5.92 Å². The maximum atomic E-state index is 11.4. The van der Waals surface area contributed by atoms with Crippen LogP contribution in [0.3, 0.4) is 0 Å². The monoisotopic (exact) mass is 385 g/mol. The summed E-state index contributed by atoms with van der Waals surface area (Å²) in [6.45, 7) is 1.99. The van der Waals surface area contributed by atoms with Gasteiger partial charge in [-0.05, 0) is 25.7 Å². The molecule has 6 nitrogen and oxygen atoms in total. The molecule has 0 unspecified atom stereocenters. The molecule has 2 aromatic carbocycles. The molecule has 0 radical (unpaired) electrons. The zero-order valence-corrected chi connectivity index (χ0v) is 16.9. The van der Waals surface area contributed by atoms with Crippen LogP contribution < -0.4 is 15.4 Å². The second-order valence-electron chi connectivity index (χ2n) is 7.08. The Kier molecular flexibility index (Phi) is 8.94. The van der Waals surface area contributed by atoms with Crippen molar-refractivity contribution < 1.29 is 14.6 Å². The summed E-state index contributed by atoms with van der Waals surface area (Å²) in [5, 5.41) is 16.8. The number of amides is 1. The van der Waals surface area contributed by atoms with E-state index in [2.05, 4.69) is 15.5 Å². The number of ether oxygens (including phenoxy) is 1. The summed E-state index contributed by atoms with van der Waals surface area (Å²) in [6.07, 6.45) is -0.546. The van der Waals surface area contributed by atoms with Crippen LogP contribution in [-0.2, 0) is 11.3 Å². The number of carbonyl (C=O) groups excluding carboxylic acids is 1. The van der Waals surface area contributed by atoms with Gasteiger partial charge in [0.2, 0.25) is 0 Å². The van der Waals surface area contributed by atoms with Crippen molar-refractivity contribution in [3.63, 3.8) is 0 Å². The summed E-state index contributed by atoms with van der Waals surface area (Å²) in [5.41, 5.74) is 1.90. The largest absolute Gasteiger partial charge is 0.483 e. The molecule has 28 heavy (non-hydrogen) atoms. The Balaban J connectivity index is 1.97. The van der Waals surface area contributed by atoms with Gasteiger partial charge in [-0.3, -0.25) is 4.79 Å². The van der Waals surface area contributed by atoms with E-state index in [0.717, 1.165) is 17.7 Å². The Bertz CT molecular complexity index is 722. The topological polar surface area (TPSA) is 73.8 Å². The molecule has 2 atom stereocenters. The van der Waals surface area contributed by atoms with E-state index < -0.39 is 6.10 Å². The molecule has 2 aromatic rings. The van der Waals surface area contributed by atoms with Gasteiger partial charge < -0.3 is 25.4 Å². The third-order valence-corrected chi connectivity index (χ3v) is 4.52. The van der Waals surface area contributed by atoms with Crippen molar-refractivity contribution in [3.05, 3.63) is 65.7 Å². The maximum absolute atomic E-state index is 11.4. The lowest BCUT2D eigenvalue weighted by Gasteiger charge is -2.27. The number of hydrogen-bond acceptors (Lipinski definition) is 5. The Morgan fingerprint density at radius 3 is 2.46 bits per heavy atom. The number of hydrogen-bond donors (Lipinski definition) is 3. The first kappa shape index (κ1) is 21.9. The number of para-hydroxylation sites is 1. The van der Waals surface area contributed by atoms with Crippen molar-refractivity contribution in [3.8, 4) is 5.75 Å². The highest BCUT2D eigenvalue weighted by Gasteiger charge is 2.21. The molecule has 0 fully saturated rings. The van der Waals surface area contributed by atoms with Crippen molar-refractivity contribution in [2.75, 3.05) is 40.8 Å². The van der Waals surface area contributed by atoms with Gasteiger partial charge in [-0.1, -0.05) is 48.5 Å². The highest BCUT2D eigenvalue weighted by molar-refractivity contribution is 5.77. The van der Waals surface area contributed by atoms with Gasteiger partial charge in [0.25, 0.3) is 5.91 Å². The predicted octanol–water partition coefficient (Wildman–Crippen LogP) is 1.81. The highest BCUT2D eigenvalue weighted by Crippen LogP contribution is 2.23. The first-order valence-corrected chi connectivity index (χ1v) is 9.51. The van der Waals surface area contributed by atoms with Crippen LogP contribution in [0.4, 0.5) is 0 Å². The van der Waals surface area contributed by atoms with E-state index in [1.165, 1.54) is 0 Å². The number of benzene rings is 2. The van der Waals surface area contributed by atoms with Crippen LogP contribution in [0.2, 0.25) is 0 Å². The van der Waals surface area contributed by atoms with Gasteiger partial charge in [-0.15, -0.1) is 0 Å². The Morgan fingerprint density at radius 2 is 1.79 bits per heavy atom. The quantitative estimate of drug-likeness (QED) is 0.550. The van der Waals surface area contributed by atoms with Gasteiger partial charge >= 0.3 is 0 Å². The fraction of sp³-hybridized carbons (Fsp3) is 0.409. The average Bonchev–Trinajstić information content (AvgIpc) is 2.71. The van der Waals surface area contributed by atoms with E-state index in [9.17, 15) is 9.90 Å². The smallest absolute Gasteiger partial charge is 0.257 e. The van der Waals surface area contributed by atoms with E-state index in [-0.39, 0.29) is 18.4 Å². The van der Waals surface area contributed by atoms with Gasteiger partial charge in [-0.2, -0.15) is 0 Å². The van der Waals surface area contributed by atoms with Gasteiger partial charge in [0, 0.05) is 38.2 Å². The zero-order chi connectivity index (χ0) is 20.4. The van der Waals surface area contributed by atoms with E-state index in [1.807, 2.05) is 68.7 Å². The Labute approximate surface area is 167 Å². The lowest BCUT2D eigenvalue weighted by atomic mass is 9.95. The number of aliphatic hydroxyl groups excluding tert-OH is 1. The molecule has 3 N–H and O–H groups in total. The van der Waals surface area contributed by atoms with Crippen molar-refractivity contribution in [1.29, 1.82) is 0 Å². The Morgan fingerprint density at radius 1 is 1.11 bits per heavy atom. The minimum Gasteiger partial charge on any atom is -0.483 e. The standard InChI is InChI=1S/C22H31N3O3/c1-23-21(26)16-28-20-12-8-7-11-18(20)13-24-14-19(15-25(2)3)22(27)17-9-5-4-6-10-17/h4-12,19,22,24,27H,13-16H2,1-3H3,(H,23,26)/t19-,22+/m1/s1. The molecule has 0 aliphatic rings. The van der Waals surface area contributed by atoms with Crippen LogP contribution in [0, 0.1) is 5.92 Å². The van der Waals surface area contributed by atoms with Crippen LogP contribution in [0.1, 0.15) is 17.2 Å². The maximum Gasteiger partial charge on any atom is 0.257 e. The van der Waals surface area contributed by atoms with Crippen molar-refractivity contribution in [2.45, 2.75) is 12.6 Å². The van der Waals surface area contributed by atoms with E-state index >= 15 is 0 Å². The molecular weight excluding hydrogens is 354 g/mol. The minimum atomic E-state index is -0.546. The zero-order valence-electron chi connectivity index (χ0n) is 16.9. The summed E-state index contributed by atoms with van der Waals surface area (Å²) in [6, 6.07) is 17.4. The second-order valence-corrected chi connectivity index (χ2v) is 7.08. The van der Waals surface area contributed by atoms with Crippen molar-refractivity contribution in [1.82, 2.24) is 15.5 Å². The van der Waals surface area contributed by atoms with Gasteiger partial charge in [0.1, 0.15) is 5.75 Å². The van der Waals surface area contributed by atoms with E-state index in [1.54, 1.807) is 7.05 Å². The van der Waals surface area contributed by atoms with Crippen LogP contribution in [0.5, 0.6) is 5.75 Å². The third-order valence-electron chi connectivity index (χ3n) is 4.52. The van der Waals surface area contributed by atoms with Crippen molar-refractivity contribution >= 4 is 5.91 Å². The molecule has 1 amide bonds. The SMILES string of the molecule is CNC(=O)COc1ccccc1CNC[C@H](CN(C)C)[C@@H](O)c1ccccc1. The molecule has 0 bridgehead atoms. The normalized spacial score (nSPS) is 13.2. The van der Waals surface area contributed by atoms with Gasteiger partial charge in [0.05, 0.1) is 6.10 Å². The molecule has 0 spiro atoms. The molecule has 2 rings (SSSR count). The number of nitrogens with zero attached hydrogens (tertiary/aromatic N) is 1. The first-order chi connectivity index (χ1) is 13.5. The molecule has 0 heterocycles. The molecule has 0 aliphatic carbocycles. The fourth-order valence-corrected chi connectivity index (χ4v) is 3.07. The lowest BCUT2D eigenvalue weighted by Crippen LogP contribution is -2.34. The summed E-state index contributed by atoms with van der Waals surface area (Å²) in [7, 11) is 5.60. The molecular formula is C22H31N3O3. The third kappa shape index (κ3) is 6.96. The van der Waals surface area contributed by atoms with E-state index in [0.29, 0.717) is 18.8 Å².